The highest BCUT2D eigenvalue weighted by Crippen LogP contribution is 2.31. The van der Waals surface area contributed by atoms with Gasteiger partial charge in [0, 0.05) is 47.3 Å². The SMILES string of the molecule is CCCCOc1cc(-c2cnc(Nc3ccccc3)nc2)cc(-c2cnc(Nc3ccccc3)nc2)c1. The zero-order valence-electron chi connectivity index (χ0n) is 20.6. The second-order valence-corrected chi connectivity index (χ2v) is 8.52. The normalized spacial score (nSPS) is 10.6. The molecule has 0 bridgehead atoms. The molecule has 2 N–H and O–H groups in total. The molecule has 37 heavy (non-hydrogen) atoms. The van der Waals surface area contributed by atoms with Crippen LogP contribution in [0.3, 0.4) is 0 Å². The van der Waals surface area contributed by atoms with Crippen molar-refractivity contribution in [3.05, 3.63) is 104 Å². The average Bonchev–Trinajstić information content (AvgIpc) is 2.95. The lowest BCUT2D eigenvalue weighted by Gasteiger charge is -2.12. The number of nitrogens with zero attached hydrogens (tertiary/aromatic N) is 4. The monoisotopic (exact) mass is 488 g/mol. The van der Waals surface area contributed by atoms with E-state index in [4.69, 9.17) is 4.74 Å². The van der Waals surface area contributed by atoms with Crippen molar-refractivity contribution < 1.29 is 4.74 Å². The molecule has 0 unspecified atom stereocenters. The summed E-state index contributed by atoms with van der Waals surface area (Å²) in [5.74, 6) is 1.87. The molecule has 3 aromatic carbocycles. The zero-order chi connectivity index (χ0) is 25.3. The predicted octanol–water partition coefficient (Wildman–Crippen LogP) is 7.27. The summed E-state index contributed by atoms with van der Waals surface area (Å²) in [4.78, 5) is 18.1. The number of aromatic nitrogens is 4. The van der Waals surface area contributed by atoms with Crippen LogP contribution in [0, 0.1) is 0 Å². The number of anilines is 4. The molecular formula is C30H28N6O. The third-order valence-electron chi connectivity index (χ3n) is 5.70. The second-order valence-electron chi connectivity index (χ2n) is 8.52. The molecule has 0 aliphatic heterocycles. The molecule has 2 heterocycles. The fourth-order valence-electron chi connectivity index (χ4n) is 3.73. The third kappa shape index (κ3) is 6.46. The van der Waals surface area contributed by atoms with Gasteiger partial charge in [0.05, 0.1) is 6.61 Å². The summed E-state index contributed by atoms with van der Waals surface area (Å²) in [6.07, 6.45) is 9.33. The van der Waals surface area contributed by atoms with Gasteiger partial charge in [0.1, 0.15) is 5.75 Å². The predicted molar refractivity (Wildman–Crippen MR) is 148 cm³/mol. The summed E-state index contributed by atoms with van der Waals surface area (Å²) in [7, 11) is 0. The lowest BCUT2D eigenvalue weighted by molar-refractivity contribution is 0.309. The third-order valence-corrected chi connectivity index (χ3v) is 5.70. The van der Waals surface area contributed by atoms with Crippen molar-refractivity contribution in [1.82, 2.24) is 19.9 Å². The number of rotatable bonds is 10. The first kappa shape index (κ1) is 23.9. The molecule has 0 fully saturated rings. The fraction of sp³-hybridized carbons (Fsp3) is 0.133. The number of hydrogen-bond acceptors (Lipinski definition) is 7. The smallest absolute Gasteiger partial charge is 0.227 e. The minimum absolute atomic E-state index is 0.542. The highest BCUT2D eigenvalue weighted by Gasteiger charge is 2.09. The van der Waals surface area contributed by atoms with Crippen LogP contribution in [-0.2, 0) is 0 Å². The Morgan fingerprint density at radius 3 is 1.49 bits per heavy atom. The zero-order valence-corrected chi connectivity index (χ0v) is 20.6. The largest absolute Gasteiger partial charge is 0.494 e. The van der Waals surface area contributed by atoms with Crippen molar-refractivity contribution in [2.75, 3.05) is 17.2 Å². The number of benzene rings is 3. The van der Waals surface area contributed by atoms with Crippen molar-refractivity contribution in [3.8, 4) is 28.0 Å². The van der Waals surface area contributed by atoms with Gasteiger partial charge < -0.3 is 15.4 Å². The summed E-state index contributed by atoms with van der Waals surface area (Å²) in [5, 5.41) is 6.44. The van der Waals surface area contributed by atoms with Crippen molar-refractivity contribution in [1.29, 1.82) is 0 Å². The molecule has 0 aliphatic carbocycles. The molecule has 2 aromatic heterocycles. The average molecular weight is 489 g/mol. The van der Waals surface area contributed by atoms with E-state index in [1.165, 1.54) is 0 Å². The van der Waals surface area contributed by atoms with Gasteiger partial charge in [-0.3, -0.25) is 0 Å². The first-order chi connectivity index (χ1) is 18.3. The molecule has 184 valence electrons. The Labute approximate surface area is 216 Å². The summed E-state index contributed by atoms with van der Waals surface area (Å²) in [6, 6.07) is 25.8. The standard InChI is InChI=1S/C30H28N6O/c1-2-3-14-37-28-16-22(24-18-31-29(32-19-24)35-26-10-6-4-7-11-26)15-23(17-28)25-20-33-30(34-21-25)36-27-12-8-5-9-13-27/h4-13,15-21H,2-3,14H2,1H3,(H,31,32,35)(H,33,34,36). The van der Waals surface area contributed by atoms with Gasteiger partial charge in [0.2, 0.25) is 11.9 Å². The van der Waals surface area contributed by atoms with Gasteiger partial charge in [-0.2, -0.15) is 0 Å². The van der Waals surface area contributed by atoms with Crippen molar-refractivity contribution in [3.63, 3.8) is 0 Å². The lowest BCUT2D eigenvalue weighted by Crippen LogP contribution is -1.99. The van der Waals surface area contributed by atoms with Crippen molar-refractivity contribution in [2.24, 2.45) is 0 Å². The quantitative estimate of drug-likeness (QED) is 0.200. The van der Waals surface area contributed by atoms with E-state index in [1.54, 1.807) is 0 Å². The van der Waals surface area contributed by atoms with Crippen LogP contribution in [-0.4, -0.2) is 26.5 Å². The Hall–Kier alpha value is -4.78. The Kier molecular flexibility index (Phi) is 7.61. The highest BCUT2D eigenvalue weighted by molar-refractivity contribution is 5.74. The second kappa shape index (κ2) is 11.8. The highest BCUT2D eigenvalue weighted by atomic mass is 16.5. The molecule has 5 rings (SSSR count). The minimum atomic E-state index is 0.542. The van der Waals surface area contributed by atoms with Gasteiger partial charge in [-0.05, 0) is 60.0 Å². The van der Waals surface area contributed by atoms with Crippen LogP contribution in [0.25, 0.3) is 22.3 Å². The Morgan fingerprint density at radius 1 is 0.595 bits per heavy atom. The van der Waals surface area contributed by atoms with E-state index in [0.717, 1.165) is 52.2 Å². The van der Waals surface area contributed by atoms with Crippen molar-refractivity contribution in [2.45, 2.75) is 19.8 Å². The van der Waals surface area contributed by atoms with Gasteiger partial charge in [-0.1, -0.05) is 49.7 Å². The van der Waals surface area contributed by atoms with Crippen molar-refractivity contribution >= 4 is 23.3 Å². The Morgan fingerprint density at radius 2 is 1.05 bits per heavy atom. The Balaban J connectivity index is 1.40. The van der Waals surface area contributed by atoms with Crippen LogP contribution < -0.4 is 15.4 Å². The Bertz CT molecular complexity index is 1310. The maximum absolute atomic E-state index is 6.07. The number of hydrogen-bond donors (Lipinski definition) is 2. The van der Waals surface area contributed by atoms with Gasteiger partial charge in [0.25, 0.3) is 0 Å². The lowest BCUT2D eigenvalue weighted by atomic mass is 10.0. The summed E-state index contributed by atoms with van der Waals surface area (Å²) in [6.45, 7) is 2.81. The molecule has 0 amide bonds. The van der Waals surface area contributed by atoms with Crippen LogP contribution >= 0.6 is 0 Å². The molecule has 5 aromatic rings. The molecule has 7 nitrogen and oxygen atoms in total. The first-order valence-electron chi connectivity index (χ1n) is 12.3. The number of ether oxygens (including phenoxy) is 1. The van der Waals surface area contributed by atoms with E-state index in [1.807, 2.05) is 97.6 Å². The van der Waals surface area contributed by atoms with Crippen LogP contribution in [0.1, 0.15) is 19.8 Å². The summed E-state index contributed by atoms with van der Waals surface area (Å²) >= 11 is 0. The van der Waals surface area contributed by atoms with E-state index < -0.39 is 0 Å². The number of para-hydroxylation sites is 2. The van der Waals surface area contributed by atoms with Gasteiger partial charge >= 0.3 is 0 Å². The van der Waals surface area contributed by atoms with E-state index >= 15 is 0 Å². The summed E-state index contributed by atoms with van der Waals surface area (Å²) < 4.78 is 6.07. The molecule has 0 saturated carbocycles. The molecule has 0 saturated heterocycles. The molecule has 0 spiro atoms. The molecule has 7 heteroatoms. The van der Waals surface area contributed by atoms with E-state index in [-0.39, 0.29) is 0 Å². The van der Waals surface area contributed by atoms with Crippen LogP contribution in [0.5, 0.6) is 5.75 Å². The van der Waals surface area contributed by atoms with E-state index in [9.17, 15) is 0 Å². The molecule has 0 atom stereocenters. The van der Waals surface area contributed by atoms with E-state index in [0.29, 0.717) is 18.5 Å². The van der Waals surface area contributed by atoms with E-state index in [2.05, 4.69) is 43.6 Å². The number of nitrogens with one attached hydrogen (secondary N) is 2. The minimum Gasteiger partial charge on any atom is -0.494 e. The maximum Gasteiger partial charge on any atom is 0.227 e. The molecular weight excluding hydrogens is 460 g/mol. The van der Waals surface area contributed by atoms with Crippen LogP contribution in [0.2, 0.25) is 0 Å². The van der Waals surface area contributed by atoms with Gasteiger partial charge in [-0.25, -0.2) is 19.9 Å². The summed E-state index contributed by atoms with van der Waals surface area (Å²) in [5.41, 5.74) is 5.58. The molecule has 0 radical (unpaired) electrons. The van der Waals surface area contributed by atoms with Crippen LogP contribution in [0.15, 0.2) is 104 Å². The number of unbranched alkanes of at least 4 members (excludes halogenated alkanes) is 1. The fourth-order valence-corrected chi connectivity index (χ4v) is 3.73. The van der Waals surface area contributed by atoms with Crippen LogP contribution in [0.4, 0.5) is 23.3 Å². The maximum atomic E-state index is 6.07. The van der Waals surface area contributed by atoms with Gasteiger partial charge in [0.15, 0.2) is 0 Å². The van der Waals surface area contributed by atoms with Gasteiger partial charge in [-0.15, -0.1) is 0 Å². The topological polar surface area (TPSA) is 84.8 Å². The molecule has 0 aliphatic rings. The first-order valence-corrected chi connectivity index (χ1v) is 12.3.